The van der Waals surface area contributed by atoms with Crippen molar-refractivity contribution in [2.24, 2.45) is 16.0 Å². The van der Waals surface area contributed by atoms with Gasteiger partial charge < -0.3 is 5.32 Å². The molecule has 8 nitrogen and oxygen atoms in total. The number of carbonyl (C=O) groups is 2. The molecule has 10 heteroatoms. The number of amides is 2. The Morgan fingerprint density at radius 1 is 0.974 bits per heavy atom. The molecule has 2 aromatic carbocycles. The summed E-state index contributed by atoms with van der Waals surface area (Å²) in [5.74, 6) is -1.21. The number of allylic oxidation sites excluding steroid dienone is 1. The molecule has 0 fully saturated rings. The Morgan fingerprint density at radius 2 is 1.69 bits per heavy atom. The maximum Gasteiger partial charge on any atom is 0.270 e. The van der Waals surface area contributed by atoms with Gasteiger partial charge in [0.25, 0.3) is 17.4 Å². The van der Waals surface area contributed by atoms with Crippen molar-refractivity contribution in [2.45, 2.75) is 19.9 Å². The van der Waals surface area contributed by atoms with Gasteiger partial charge in [-0.1, -0.05) is 53.8 Å². The van der Waals surface area contributed by atoms with Gasteiger partial charge in [-0.25, -0.2) is 4.99 Å². The molecule has 4 heterocycles. The minimum Gasteiger partial charge on any atom is -0.322 e. The number of aromatic nitrogens is 1. The minimum absolute atomic E-state index is 0.224. The molecule has 0 aliphatic carbocycles. The monoisotopic (exact) mass is 553 g/mol. The predicted molar refractivity (Wildman–Crippen MR) is 155 cm³/mol. The minimum atomic E-state index is -0.672. The maximum atomic E-state index is 13.9. The summed E-state index contributed by atoms with van der Waals surface area (Å²) in [5.41, 5.74) is 2.58. The lowest BCUT2D eigenvalue weighted by Crippen LogP contribution is -2.40. The summed E-state index contributed by atoms with van der Waals surface area (Å²) in [4.78, 5) is 46.7. The van der Waals surface area contributed by atoms with Crippen molar-refractivity contribution < 1.29 is 9.59 Å². The van der Waals surface area contributed by atoms with Gasteiger partial charge in [-0.3, -0.25) is 19.0 Å². The normalized spacial score (nSPS) is 19.1. The highest BCUT2D eigenvalue weighted by atomic mass is 32.1. The summed E-state index contributed by atoms with van der Waals surface area (Å²) >= 11 is 2.68. The summed E-state index contributed by atoms with van der Waals surface area (Å²) in [6, 6.07) is 21.6. The standard InChI is InChI=1S/C29H23N5O3S2/c1-17-21(27(36)34(32-17)20-12-7-4-8-13-20)16-23-28(37)33-25(22-14-9-15-38-22)24(18(2)30-29(33)39-23)26(35)31-19-10-5-3-6-11-19/h3-16,21,25H,1-2H3,(H,31,35)/b23-16+/t21-,25-/m0/s1. The van der Waals surface area contributed by atoms with Crippen LogP contribution in [0.15, 0.2) is 104 Å². The number of benzene rings is 2. The predicted octanol–water partition coefficient (Wildman–Crippen LogP) is 3.93. The van der Waals surface area contributed by atoms with Gasteiger partial charge in [0.05, 0.1) is 27.2 Å². The first kappa shape index (κ1) is 24.9. The average molecular weight is 554 g/mol. The Bertz CT molecular complexity index is 1820. The summed E-state index contributed by atoms with van der Waals surface area (Å²) < 4.78 is 1.95. The second-order valence-electron chi connectivity index (χ2n) is 9.14. The Labute approximate surface area is 231 Å². The van der Waals surface area contributed by atoms with Crippen molar-refractivity contribution in [2.75, 3.05) is 10.3 Å². The largest absolute Gasteiger partial charge is 0.322 e. The fourth-order valence-electron chi connectivity index (χ4n) is 4.74. The van der Waals surface area contributed by atoms with Crippen LogP contribution in [-0.2, 0) is 9.59 Å². The van der Waals surface area contributed by atoms with Crippen LogP contribution >= 0.6 is 22.7 Å². The number of nitrogens with one attached hydrogen (secondary N) is 1. The lowest BCUT2D eigenvalue weighted by atomic mass is 10.0. The molecule has 6 rings (SSSR count). The molecule has 4 aromatic rings. The lowest BCUT2D eigenvalue weighted by Gasteiger charge is -2.24. The third kappa shape index (κ3) is 4.47. The number of hydrogen-bond donors (Lipinski definition) is 1. The maximum absolute atomic E-state index is 13.9. The molecule has 2 aliphatic heterocycles. The van der Waals surface area contributed by atoms with Gasteiger partial charge in [-0.05, 0) is 55.6 Å². The quantitative estimate of drug-likeness (QED) is 0.406. The summed E-state index contributed by atoms with van der Waals surface area (Å²) in [7, 11) is 0. The first-order valence-corrected chi connectivity index (χ1v) is 14.0. The topological polar surface area (TPSA) is 96.1 Å². The van der Waals surface area contributed by atoms with E-state index in [1.54, 1.807) is 24.5 Å². The van der Waals surface area contributed by atoms with Crippen molar-refractivity contribution >= 4 is 57.7 Å². The Morgan fingerprint density at radius 3 is 2.38 bits per heavy atom. The van der Waals surface area contributed by atoms with Gasteiger partial charge in [-0.2, -0.15) is 10.1 Å². The van der Waals surface area contributed by atoms with Crippen LogP contribution in [0.5, 0.6) is 0 Å². The van der Waals surface area contributed by atoms with E-state index in [0.29, 0.717) is 37.7 Å². The summed E-state index contributed by atoms with van der Waals surface area (Å²) in [5, 5.41) is 10.7. The van der Waals surface area contributed by atoms with Gasteiger partial charge in [0.15, 0.2) is 4.80 Å². The Hall–Kier alpha value is -4.41. The molecule has 39 heavy (non-hydrogen) atoms. The SMILES string of the molecule is CC1=NN(c2ccccc2)C(=O)[C@H]1/C=c1/sc2n(c1=O)[C@@H](c1cccs1)C(C(=O)Nc1ccccc1)=C(C)N=2. The van der Waals surface area contributed by atoms with E-state index in [1.165, 1.54) is 27.7 Å². The van der Waals surface area contributed by atoms with Gasteiger partial charge in [-0.15, -0.1) is 11.3 Å². The number of anilines is 2. The Kier molecular flexibility index (Phi) is 6.41. The zero-order chi connectivity index (χ0) is 27.1. The average Bonchev–Trinajstić information content (AvgIpc) is 3.65. The molecular weight excluding hydrogens is 530 g/mol. The highest BCUT2D eigenvalue weighted by Crippen LogP contribution is 2.33. The molecule has 0 saturated heterocycles. The lowest BCUT2D eigenvalue weighted by molar-refractivity contribution is -0.118. The van der Waals surface area contributed by atoms with Gasteiger partial charge >= 0.3 is 0 Å². The molecule has 0 spiro atoms. The fourth-order valence-corrected chi connectivity index (χ4v) is 6.62. The van der Waals surface area contributed by atoms with Crippen LogP contribution in [-0.4, -0.2) is 22.1 Å². The highest BCUT2D eigenvalue weighted by Gasteiger charge is 2.35. The number of fused-ring (bicyclic) bond motifs is 1. The van der Waals surface area contributed by atoms with Crippen molar-refractivity contribution in [3.05, 3.63) is 114 Å². The smallest absolute Gasteiger partial charge is 0.270 e. The molecule has 0 radical (unpaired) electrons. The van der Waals surface area contributed by atoms with E-state index in [0.717, 1.165) is 4.88 Å². The van der Waals surface area contributed by atoms with Crippen LogP contribution in [0.2, 0.25) is 0 Å². The number of rotatable bonds is 5. The van der Waals surface area contributed by atoms with E-state index < -0.39 is 12.0 Å². The molecule has 2 aliphatic rings. The molecule has 2 amide bonds. The molecule has 194 valence electrons. The van der Waals surface area contributed by atoms with E-state index in [2.05, 4.69) is 15.4 Å². The van der Waals surface area contributed by atoms with E-state index >= 15 is 0 Å². The van der Waals surface area contributed by atoms with Crippen LogP contribution in [0, 0.1) is 5.92 Å². The van der Waals surface area contributed by atoms with Crippen LogP contribution in [0.3, 0.4) is 0 Å². The number of para-hydroxylation sites is 2. The zero-order valence-electron chi connectivity index (χ0n) is 21.1. The summed E-state index contributed by atoms with van der Waals surface area (Å²) in [6.07, 6.45) is 1.67. The molecule has 0 saturated carbocycles. The van der Waals surface area contributed by atoms with Crippen LogP contribution < -0.4 is 25.2 Å². The van der Waals surface area contributed by atoms with E-state index in [9.17, 15) is 14.4 Å². The molecule has 0 unspecified atom stereocenters. The van der Waals surface area contributed by atoms with Gasteiger partial charge in [0, 0.05) is 10.6 Å². The van der Waals surface area contributed by atoms with Crippen molar-refractivity contribution in [1.82, 2.24) is 4.57 Å². The fraction of sp³-hybridized carbons (Fsp3) is 0.138. The molecule has 2 atom stereocenters. The number of hydrazone groups is 1. The van der Waals surface area contributed by atoms with E-state index in [-0.39, 0.29) is 17.4 Å². The summed E-state index contributed by atoms with van der Waals surface area (Å²) in [6.45, 7) is 3.57. The number of thiophene rings is 1. The second-order valence-corrected chi connectivity index (χ2v) is 11.1. The van der Waals surface area contributed by atoms with Crippen molar-refractivity contribution in [3.8, 4) is 0 Å². The van der Waals surface area contributed by atoms with Crippen molar-refractivity contribution in [3.63, 3.8) is 0 Å². The number of thiazole rings is 1. The van der Waals surface area contributed by atoms with E-state index in [1.807, 2.05) is 78.2 Å². The zero-order valence-corrected chi connectivity index (χ0v) is 22.7. The molecule has 0 bridgehead atoms. The first-order valence-electron chi connectivity index (χ1n) is 12.3. The van der Waals surface area contributed by atoms with Crippen LogP contribution in [0.25, 0.3) is 6.08 Å². The van der Waals surface area contributed by atoms with Crippen LogP contribution in [0.4, 0.5) is 11.4 Å². The third-order valence-electron chi connectivity index (χ3n) is 6.61. The van der Waals surface area contributed by atoms with Gasteiger partial charge in [0.2, 0.25) is 0 Å². The highest BCUT2D eigenvalue weighted by molar-refractivity contribution is 7.10. The molecular formula is C29H23N5O3S2. The van der Waals surface area contributed by atoms with Gasteiger partial charge in [0.1, 0.15) is 12.0 Å². The van der Waals surface area contributed by atoms with E-state index in [4.69, 9.17) is 0 Å². The number of hydrogen-bond acceptors (Lipinski definition) is 7. The number of nitrogens with zero attached hydrogens (tertiary/aromatic N) is 4. The van der Waals surface area contributed by atoms with Crippen molar-refractivity contribution in [1.29, 1.82) is 0 Å². The third-order valence-corrected chi connectivity index (χ3v) is 8.54. The van der Waals surface area contributed by atoms with Crippen LogP contribution in [0.1, 0.15) is 24.8 Å². The molecule has 1 N–H and O–H groups in total. The first-order chi connectivity index (χ1) is 18.9. The second kappa shape index (κ2) is 10.0. The molecule has 2 aromatic heterocycles. The number of carbonyl (C=O) groups excluding carboxylic acids is 2. The Balaban J connectivity index is 1.42.